The summed E-state index contributed by atoms with van der Waals surface area (Å²) in [7, 11) is 0. The van der Waals surface area contributed by atoms with Crippen molar-refractivity contribution in [2.45, 2.75) is 6.92 Å². The average molecular weight is 176 g/mol. The van der Waals surface area contributed by atoms with Crippen LogP contribution in [-0.2, 0) is 4.79 Å². The van der Waals surface area contributed by atoms with Gasteiger partial charge in [0.15, 0.2) is 0 Å². The van der Waals surface area contributed by atoms with Crippen molar-refractivity contribution in [2.75, 3.05) is 12.0 Å². The molecule has 0 aliphatic carbocycles. The van der Waals surface area contributed by atoms with E-state index in [1.54, 1.807) is 5.01 Å². The highest BCUT2D eigenvalue weighted by Gasteiger charge is 2.32. The maximum absolute atomic E-state index is 11.2. The van der Waals surface area contributed by atoms with Gasteiger partial charge in [0.25, 0.3) is 0 Å². The summed E-state index contributed by atoms with van der Waals surface area (Å²) in [5, 5.41) is 1.64. The third kappa shape index (κ3) is 1.49. The first kappa shape index (κ1) is 8.10. The lowest BCUT2D eigenvalue weighted by atomic mass is 10.0. The molecule has 0 aromatic heterocycles. The molecule has 1 aliphatic rings. The van der Waals surface area contributed by atoms with E-state index in [0.29, 0.717) is 0 Å². The van der Waals surface area contributed by atoms with Gasteiger partial charge in [-0.15, -0.1) is 0 Å². The van der Waals surface area contributed by atoms with Crippen molar-refractivity contribution in [3.63, 3.8) is 0 Å². The number of hydrogen-bond donors (Lipinski definition) is 1. The lowest BCUT2D eigenvalue weighted by Crippen LogP contribution is -2.53. The number of β-lactam (4-membered cyclic amide) rings is 1. The van der Waals surface area contributed by atoms with Gasteiger partial charge in [-0.2, -0.15) is 0 Å². The minimum atomic E-state index is 0.170. The molecule has 0 spiro atoms. The molecule has 0 bridgehead atoms. The van der Waals surface area contributed by atoms with E-state index in [1.165, 1.54) is 0 Å². The van der Waals surface area contributed by atoms with Gasteiger partial charge in [0.2, 0.25) is 5.91 Å². The van der Waals surface area contributed by atoms with Gasteiger partial charge in [-0.25, -0.2) is 0 Å². The second-order valence-electron chi connectivity index (χ2n) is 3.33. The molecule has 0 saturated carbocycles. The number of benzene rings is 1. The average Bonchev–Trinajstić information content (AvgIpc) is 2.19. The van der Waals surface area contributed by atoms with Crippen molar-refractivity contribution < 1.29 is 4.79 Å². The van der Waals surface area contributed by atoms with Crippen LogP contribution in [0.1, 0.15) is 6.92 Å². The Kier molecular flexibility index (Phi) is 1.93. The SMILES string of the molecule is CC1CN(Nc2ccccc2)C1=O. The van der Waals surface area contributed by atoms with Gasteiger partial charge in [-0.05, 0) is 12.1 Å². The number of nitrogens with one attached hydrogen (secondary N) is 1. The molecule has 2 rings (SSSR count). The van der Waals surface area contributed by atoms with Crippen molar-refractivity contribution in [1.82, 2.24) is 5.01 Å². The predicted octanol–water partition coefficient (Wildman–Crippen LogP) is 1.49. The van der Waals surface area contributed by atoms with Gasteiger partial charge in [0.05, 0.1) is 18.2 Å². The van der Waals surface area contributed by atoms with E-state index in [4.69, 9.17) is 0 Å². The number of anilines is 1. The van der Waals surface area contributed by atoms with Crippen LogP contribution in [0, 0.1) is 5.92 Å². The largest absolute Gasteiger partial charge is 0.296 e. The summed E-state index contributed by atoms with van der Waals surface area (Å²) in [5.41, 5.74) is 4.00. The van der Waals surface area contributed by atoms with E-state index in [1.807, 2.05) is 37.3 Å². The number of carbonyl (C=O) groups is 1. The zero-order valence-corrected chi connectivity index (χ0v) is 7.53. The molecule has 1 unspecified atom stereocenters. The normalized spacial score (nSPS) is 21.2. The number of hydrazine groups is 1. The van der Waals surface area contributed by atoms with Crippen LogP contribution in [-0.4, -0.2) is 17.5 Å². The molecule has 1 aliphatic heterocycles. The standard InChI is InChI=1S/C10H12N2O/c1-8-7-12(10(8)13)11-9-5-3-2-4-6-9/h2-6,8,11H,7H2,1H3. The second kappa shape index (κ2) is 3.09. The van der Waals surface area contributed by atoms with Crippen molar-refractivity contribution in [3.05, 3.63) is 30.3 Å². The fourth-order valence-electron chi connectivity index (χ4n) is 1.36. The van der Waals surface area contributed by atoms with Crippen LogP contribution in [0.15, 0.2) is 30.3 Å². The highest BCUT2D eigenvalue weighted by molar-refractivity contribution is 5.85. The van der Waals surface area contributed by atoms with Crippen molar-refractivity contribution in [2.24, 2.45) is 5.92 Å². The third-order valence-corrected chi connectivity index (χ3v) is 2.18. The first-order valence-corrected chi connectivity index (χ1v) is 4.40. The summed E-state index contributed by atoms with van der Waals surface area (Å²) < 4.78 is 0. The summed E-state index contributed by atoms with van der Waals surface area (Å²) in [6.45, 7) is 2.74. The molecule has 68 valence electrons. The number of para-hydroxylation sites is 1. The zero-order valence-electron chi connectivity index (χ0n) is 7.53. The Morgan fingerprint density at radius 1 is 1.38 bits per heavy atom. The number of rotatable bonds is 2. The molecule has 1 fully saturated rings. The number of hydrogen-bond acceptors (Lipinski definition) is 2. The molecule has 1 amide bonds. The monoisotopic (exact) mass is 176 g/mol. The van der Waals surface area contributed by atoms with Gasteiger partial charge in [-0.1, -0.05) is 25.1 Å². The van der Waals surface area contributed by atoms with E-state index in [2.05, 4.69) is 5.43 Å². The second-order valence-corrected chi connectivity index (χ2v) is 3.33. The highest BCUT2D eigenvalue weighted by atomic mass is 16.2. The van der Waals surface area contributed by atoms with Crippen molar-refractivity contribution in [1.29, 1.82) is 0 Å². The molecule has 3 heteroatoms. The molecule has 0 radical (unpaired) electrons. The fourth-order valence-corrected chi connectivity index (χ4v) is 1.36. The summed E-state index contributed by atoms with van der Waals surface area (Å²) >= 11 is 0. The van der Waals surface area contributed by atoms with Crippen LogP contribution in [0.4, 0.5) is 5.69 Å². The number of nitrogens with zero attached hydrogens (tertiary/aromatic N) is 1. The minimum Gasteiger partial charge on any atom is -0.296 e. The quantitative estimate of drug-likeness (QED) is 0.692. The Labute approximate surface area is 77.3 Å². The predicted molar refractivity (Wildman–Crippen MR) is 50.9 cm³/mol. The smallest absolute Gasteiger partial charge is 0.245 e. The van der Waals surface area contributed by atoms with Crippen LogP contribution in [0.3, 0.4) is 0 Å². The Balaban J connectivity index is 1.97. The van der Waals surface area contributed by atoms with E-state index < -0.39 is 0 Å². The molecule has 1 atom stereocenters. The van der Waals surface area contributed by atoms with Crippen LogP contribution >= 0.6 is 0 Å². The lowest BCUT2D eigenvalue weighted by molar-refractivity contribution is -0.144. The van der Waals surface area contributed by atoms with Crippen molar-refractivity contribution >= 4 is 11.6 Å². The maximum atomic E-state index is 11.2. The summed E-state index contributed by atoms with van der Waals surface area (Å²) in [4.78, 5) is 11.2. The van der Waals surface area contributed by atoms with Crippen LogP contribution in [0.5, 0.6) is 0 Å². The topological polar surface area (TPSA) is 32.3 Å². The molecule has 1 aromatic rings. The fraction of sp³-hybridized carbons (Fsp3) is 0.300. The Bertz CT molecular complexity index is 310. The van der Waals surface area contributed by atoms with E-state index in [-0.39, 0.29) is 11.8 Å². The van der Waals surface area contributed by atoms with Gasteiger partial charge >= 0.3 is 0 Å². The van der Waals surface area contributed by atoms with Crippen LogP contribution in [0.2, 0.25) is 0 Å². The van der Waals surface area contributed by atoms with E-state index in [0.717, 1.165) is 12.2 Å². The molecule has 1 saturated heterocycles. The van der Waals surface area contributed by atoms with E-state index >= 15 is 0 Å². The van der Waals surface area contributed by atoms with Crippen molar-refractivity contribution in [3.8, 4) is 0 Å². The molecule has 13 heavy (non-hydrogen) atoms. The van der Waals surface area contributed by atoms with Gasteiger partial charge < -0.3 is 0 Å². The first-order valence-electron chi connectivity index (χ1n) is 4.40. The molecule has 1 heterocycles. The number of carbonyl (C=O) groups excluding carboxylic acids is 1. The highest BCUT2D eigenvalue weighted by Crippen LogP contribution is 2.18. The molecule has 3 nitrogen and oxygen atoms in total. The third-order valence-electron chi connectivity index (χ3n) is 2.18. The summed E-state index contributed by atoms with van der Waals surface area (Å²) in [6.07, 6.45) is 0. The van der Waals surface area contributed by atoms with E-state index in [9.17, 15) is 4.79 Å². The zero-order chi connectivity index (χ0) is 9.26. The first-order chi connectivity index (χ1) is 6.27. The van der Waals surface area contributed by atoms with Crippen LogP contribution in [0.25, 0.3) is 0 Å². The van der Waals surface area contributed by atoms with Gasteiger partial charge in [-0.3, -0.25) is 15.2 Å². The van der Waals surface area contributed by atoms with Gasteiger partial charge in [0.1, 0.15) is 0 Å². The van der Waals surface area contributed by atoms with Gasteiger partial charge in [0, 0.05) is 0 Å². The number of amides is 1. The molecular weight excluding hydrogens is 164 g/mol. The maximum Gasteiger partial charge on any atom is 0.245 e. The van der Waals surface area contributed by atoms with Crippen LogP contribution < -0.4 is 5.43 Å². The summed E-state index contributed by atoms with van der Waals surface area (Å²) in [6, 6.07) is 9.71. The molecular formula is C10H12N2O. The minimum absolute atomic E-state index is 0.170. The molecule has 1 N–H and O–H groups in total. The summed E-state index contributed by atoms with van der Waals surface area (Å²) in [5.74, 6) is 0.347. The Morgan fingerprint density at radius 2 is 2.08 bits per heavy atom. The Hall–Kier alpha value is -1.51. The molecule has 1 aromatic carbocycles. The lowest BCUT2D eigenvalue weighted by Gasteiger charge is -2.36. The Morgan fingerprint density at radius 3 is 2.62 bits per heavy atom.